The number of hydrogen-bond acceptors (Lipinski definition) is 3. The van der Waals surface area contributed by atoms with Crippen LogP contribution in [0.25, 0.3) is 0 Å². The minimum absolute atomic E-state index is 0.0964. The Labute approximate surface area is 121 Å². The minimum atomic E-state index is 0.0964. The lowest BCUT2D eigenvalue weighted by atomic mass is 10.2. The number of nitrogens with two attached hydrogens (primary N) is 1. The highest BCUT2D eigenvalue weighted by molar-refractivity contribution is 5.90. The second-order valence-electron chi connectivity index (χ2n) is 5.59. The molecule has 0 spiro atoms. The summed E-state index contributed by atoms with van der Waals surface area (Å²) in [5, 5.41) is 2.95. The van der Waals surface area contributed by atoms with Gasteiger partial charge >= 0.3 is 0 Å². The quantitative estimate of drug-likeness (QED) is 0.836. The van der Waals surface area contributed by atoms with Crippen molar-refractivity contribution in [3.63, 3.8) is 0 Å². The smallest absolute Gasteiger partial charge is 0.224 e. The third kappa shape index (κ3) is 4.32. The number of hydrogen-bond donors (Lipinski definition) is 2. The SMILES string of the molecule is Cc1cccc(NC(=O)CCCN2CCCC2CN)c1. The molecule has 4 nitrogen and oxygen atoms in total. The van der Waals surface area contributed by atoms with E-state index >= 15 is 0 Å². The van der Waals surface area contributed by atoms with Gasteiger partial charge in [0.25, 0.3) is 0 Å². The molecule has 0 aliphatic carbocycles. The maximum atomic E-state index is 11.9. The van der Waals surface area contributed by atoms with E-state index in [0.717, 1.165) is 37.3 Å². The van der Waals surface area contributed by atoms with Crippen LogP contribution in [-0.2, 0) is 4.79 Å². The van der Waals surface area contributed by atoms with E-state index in [4.69, 9.17) is 5.73 Å². The molecular formula is C16H25N3O. The van der Waals surface area contributed by atoms with Gasteiger partial charge in [0.1, 0.15) is 0 Å². The van der Waals surface area contributed by atoms with Crippen molar-refractivity contribution < 1.29 is 4.79 Å². The average Bonchev–Trinajstić information content (AvgIpc) is 2.86. The molecule has 1 heterocycles. The molecule has 1 atom stereocenters. The Balaban J connectivity index is 1.70. The normalized spacial score (nSPS) is 19.2. The molecule has 1 aliphatic heterocycles. The lowest BCUT2D eigenvalue weighted by Gasteiger charge is -2.22. The Morgan fingerprint density at radius 1 is 1.50 bits per heavy atom. The molecule has 110 valence electrons. The fraction of sp³-hybridized carbons (Fsp3) is 0.562. The average molecular weight is 275 g/mol. The molecule has 20 heavy (non-hydrogen) atoms. The van der Waals surface area contributed by atoms with Gasteiger partial charge in [-0.1, -0.05) is 12.1 Å². The number of benzene rings is 1. The molecule has 0 bridgehead atoms. The van der Waals surface area contributed by atoms with Crippen LogP contribution in [0.4, 0.5) is 5.69 Å². The summed E-state index contributed by atoms with van der Waals surface area (Å²) in [6, 6.07) is 8.42. The van der Waals surface area contributed by atoms with Crippen molar-refractivity contribution in [2.75, 3.05) is 25.0 Å². The molecule has 0 aromatic heterocycles. The van der Waals surface area contributed by atoms with E-state index in [0.29, 0.717) is 12.5 Å². The van der Waals surface area contributed by atoms with Crippen LogP contribution >= 0.6 is 0 Å². The first-order valence-corrected chi connectivity index (χ1v) is 7.49. The molecule has 1 fully saturated rings. The summed E-state index contributed by atoms with van der Waals surface area (Å²) >= 11 is 0. The Bertz CT molecular complexity index is 447. The van der Waals surface area contributed by atoms with Crippen LogP contribution in [-0.4, -0.2) is 36.5 Å². The first-order chi connectivity index (χ1) is 9.69. The molecule has 1 aromatic rings. The van der Waals surface area contributed by atoms with Gasteiger partial charge in [-0.2, -0.15) is 0 Å². The van der Waals surface area contributed by atoms with Crippen molar-refractivity contribution in [2.45, 2.75) is 38.6 Å². The highest BCUT2D eigenvalue weighted by Gasteiger charge is 2.22. The third-order valence-corrected chi connectivity index (χ3v) is 3.92. The number of anilines is 1. The zero-order chi connectivity index (χ0) is 14.4. The van der Waals surface area contributed by atoms with Crippen LogP contribution in [0.5, 0.6) is 0 Å². The van der Waals surface area contributed by atoms with Gasteiger partial charge in [0.2, 0.25) is 5.91 Å². The largest absolute Gasteiger partial charge is 0.329 e. The van der Waals surface area contributed by atoms with Crippen molar-refractivity contribution in [3.8, 4) is 0 Å². The molecule has 1 saturated heterocycles. The summed E-state index contributed by atoms with van der Waals surface area (Å²) in [6.45, 7) is 4.86. The zero-order valence-electron chi connectivity index (χ0n) is 12.3. The van der Waals surface area contributed by atoms with Crippen LogP contribution < -0.4 is 11.1 Å². The van der Waals surface area contributed by atoms with E-state index in [-0.39, 0.29) is 5.91 Å². The Kier molecular flexibility index (Phi) is 5.56. The molecule has 1 aromatic carbocycles. The van der Waals surface area contributed by atoms with Crippen molar-refractivity contribution >= 4 is 11.6 Å². The molecule has 2 rings (SSSR count). The predicted octanol–water partition coefficient (Wildman–Crippen LogP) is 2.14. The number of aryl methyl sites for hydroxylation is 1. The van der Waals surface area contributed by atoms with Gasteiger partial charge in [-0.05, 0) is 57.0 Å². The number of amides is 1. The summed E-state index contributed by atoms with van der Waals surface area (Å²) < 4.78 is 0. The minimum Gasteiger partial charge on any atom is -0.329 e. The Morgan fingerprint density at radius 2 is 2.35 bits per heavy atom. The Hall–Kier alpha value is -1.39. The highest BCUT2D eigenvalue weighted by Crippen LogP contribution is 2.16. The monoisotopic (exact) mass is 275 g/mol. The second-order valence-corrected chi connectivity index (χ2v) is 5.59. The number of carbonyl (C=O) groups excluding carboxylic acids is 1. The molecule has 1 amide bonds. The molecule has 3 N–H and O–H groups in total. The number of nitrogens with zero attached hydrogens (tertiary/aromatic N) is 1. The van der Waals surface area contributed by atoms with Crippen molar-refractivity contribution in [1.82, 2.24) is 4.90 Å². The fourth-order valence-electron chi connectivity index (χ4n) is 2.85. The van der Waals surface area contributed by atoms with Gasteiger partial charge < -0.3 is 11.1 Å². The van der Waals surface area contributed by atoms with Gasteiger partial charge in [-0.3, -0.25) is 9.69 Å². The van der Waals surface area contributed by atoms with Crippen LogP contribution in [0.3, 0.4) is 0 Å². The number of carbonyl (C=O) groups is 1. The van der Waals surface area contributed by atoms with E-state index in [1.807, 2.05) is 31.2 Å². The molecular weight excluding hydrogens is 250 g/mol. The molecule has 4 heteroatoms. The van der Waals surface area contributed by atoms with Gasteiger partial charge in [-0.15, -0.1) is 0 Å². The third-order valence-electron chi connectivity index (χ3n) is 3.92. The van der Waals surface area contributed by atoms with E-state index in [2.05, 4.69) is 10.2 Å². The summed E-state index contributed by atoms with van der Waals surface area (Å²) in [7, 11) is 0. The van der Waals surface area contributed by atoms with Crippen molar-refractivity contribution in [1.29, 1.82) is 0 Å². The van der Waals surface area contributed by atoms with E-state index in [1.165, 1.54) is 12.8 Å². The summed E-state index contributed by atoms with van der Waals surface area (Å²) in [6.07, 6.45) is 3.90. The van der Waals surface area contributed by atoms with E-state index < -0.39 is 0 Å². The first-order valence-electron chi connectivity index (χ1n) is 7.49. The molecule has 1 unspecified atom stereocenters. The lowest BCUT2D eigenvalue weighted by Crippen LogP contribution is -2.36. The second kappa shape index (κ2) is 7.41. The fourth-order valence-corrected chi connectivity index (χ4v) is 2.85. The van der Waals surface area contributed by atoms with E-state index in [1.54, 1.807) is 0 Å². The highest BCUT2D eigenvalue weighted by atomic mass is 16.1. The van der Waals surface area contributed by atoms with Gasteiger partial charge in [0.05, 0.1) is 0 Å². The summed E-state index contributed by atoms with van der Waals surface area (Å²) in [4.78, 5) is 14.3. The van der Waals surface area contributed by atoms with Crippen LogP contribution in [0, 0.1) is 6.92 Å². The standard InChI is InChI=1S/C16H25N3O/c1-13-5-2-6-14(11-13)18-16(20)8-4-10-19-9-3-7-15(19)12-17/h2,5-6,11,15H,3-4,7-10,12,17H2,1H3,(H,18,20). The van der Waals surface area contributed by atoms with Gasteiger partial charge in [0, 0.05) is 24.7 Å². The van der Waals surface area contributed by atoms with Crippen LogP contribution in [0.15, 0.2) is 24.3 Å². The number of rotatable bonds is 6. The predicted molar refractivity (Wildman–Crippen MR) is 82.7 cm³/mol. The first kappa shape index (κ1) is 15.0. The van der Waals surface area contributed by atoms with Crippen molar-refractivity contribution in [3.05, 3.63) is 29.8 Å². The number of nitrogens with one attached hydrogen (secondary N) is 1. The summed E-state index contributed by atoms with van der Waals surface area (Å²) in [5.41, 5.74) is 7.79. The van der Waals surface area contributed by atoms with Gasteiger partial charge in [0.15, 0.2) is 0 Å². The summed E-state index contributed by atoms with van der Waals surface area (Å²) in [5.74, 6) is 0.0964. The van der Waals surface area contributed by atoms with Crippen LogP contribution in [0.2, 0.25) is 0 Å². The zero-order valence-corrected chi connectivity index (χ0v) is 12.3. The Morgan fingerprint density at radius 3 is 3.10 bits per heavy atom. The number of likely N-dealkylation sites (tertiary alicyclic amines) is 1. The maximum Gasteiger partial charge on any atom is 0.224 e. The van der Waals surface area contributed by atoms with E-state index in [9.17, 15) is 4.79 Å². The maximum absolute atomic E-state index is 11.9. The topological polar surface area (TPSA) is 58.4 Å². The van der Waals surface area contributed by atoms with Gasteiger partial charge in [-0.25, -0.2) is 0 Å². The molecule has 0 radical (unpaired) electrons. The van der Waals surface area contributed by atoms with Crippen LogP contribution in [0.1, 0.15) is 31.2 Å². The molecule has 1 aliphatic rings. The lowest BCUT2D eigenvalue weighted by molar-refractivity contribution is -0.116. The van der Waals surface area contributed by atoms with Crippen molar-refractivity contribution in [2.24, 2.45) is 5.73 Å². The molecule has 0 saturated carbocycles.